The van der Waals surface area contributed by atoms with Crippen LogP contribution in [0.15, 0.2) is 42.7 Å². The third-order valence-electron chi connectivity index (χ3n) is 3.51. The number of rotatable bonds is 4. The number of carbonyl (C=O) groups excluding carboxylic acids is 1. The molecule has 0 aliphatic heterocycles. The number of nitrogens with zero attached hydrogens (tertiary/aromatic N) is 4. The zero-order valence-corrected chi connectivity index (χ0v) is 14.4. The van der Waals surface area contributed by atoms with E-state index in [9.17, 15) is 4.79 Å². The Morgan fingerprint density at radius 3 is 2.70 bits per heavy atom. The number of amides is 1. The highest BCUT2D eigenvalue weighted by Crippen LogP contribution is 2.31. The molecule has 0 radical (unpaired) electrons. The highest BCUT2D eigenvalue weighted by Gasteiger charge is 2.30. The fourth-order valence-corrected chi connectivity index (χ4v) is 3.29. The van der Waals surface area contributed by atoms with Crippen molar-refractivity contribution >= 4 is 32.6 Å². The van der Waals surface area contributed by atoms with Crippen LogP contribution in [0.1, 0.15) is 20.8 Å². The van der Waals surface area contributed by atoms with Gasteiger partial charge in [0, 0.05) is 24.4 Å². The van der Waals surface area contributed by atoms with Crippen molar-refractivity contribution < 1.29 is 4.79 Å². The SMILES string of the molecule is CC(C)(C)C(=O)N(CCn1cccn1)c1nc2ccccc2s1. The van der Waals surface area contributed by atoms with Crippen molar-refractivity contribution in [1.29, 1.82) is 0 Å². The van der Waals surface area contributed by atoms with Crippen LogP contribution < -0.4 is 4.90 Å². The predicted octanol–water partition coefficient (Wildman–Crippen LogP) is 3.57. The van der Waals surface area contributed by atoms with E-state index in [1.54, 1.807) is 22.4 Å². The zero-order valence-electron chi connectivity index (χ0n) is 13.6. The third kappa shape index (κ3) is 3.42. The van der Waals surface area contributed by atoms with Crippen LogP contribution in [0.2, 0.25) is 0 Å². The first-order valence-corrected chi connectivity index (χ1v) is 8.42. The van der Waals surface area contributed by atoms with E-state index in [0.717, 1.165) is 15.3 Å². The standard InChI is InChI=1S/C17H20N4OS/c1-17(2,3)15(22)21(12-11-20-10-6-9-18-20)16-19-13-7-4-5-8-14(13)23-16/h4-10H,11-12H2,1-3H3. The Hall–Kier alpha value is -2.21. The highest BCUT2D eigenvalue weighted by atomic mass is 32.1. The quantitative estimate of drug-likeness (QED) is 0.735. The first kappa shape index (κ1) is 15.7. The molecule has 2 aromatic heterocycles. The van der Waals surface area contributed by atoms with Crippen LogP contribution in [0, 0.1) is 5.41 Å². The molecule has 3 rings (SSSR count). The van der Waals surface area contributed by atoms with Crippen LogP contribution >= 0.6 is 11.3 Å². The average Bonchev–Trinajstić information content (AvgIpc) is 3.15. The van der Waals surface area contributed by atoms with Gasteiger partial charge in [-0.05, 0) is 18.2 Å². The van der Waals surface area contributed by atoms with Crippen molar-refractivity contribution in [2.24, 2.45) is 5.41 Å². The number of hydrogen-bond acceptors (Lipinski definition) is 4. The summed E-state index contributed by atoms with van der Waals surface area (Å²) in [5, 5.41) is 4.96. The summed E-state index contributed by atoms with van der Waals surface area (Å²) in [6, 6.07) is 9.84. The normalized spacial score (nSPS) is 11.8. The van der Waals surface area contributed by atoms with Crippen molar-refractivity contribution in [2.75, 3.05) is 11.4 Å². The Balaban J connectivity index is 1.91. The molecule has 6 heteroatoms. The van der Waals surface area contributed by atoms with Crippen LogP contribution in [-0.2, 0) is 11.3 Å². The van der Waals surface area contributed by atoms with Crippen LogP contribution in [0.25, 0.3) is 10.2 Å². The molecule has 120 valence electrons. The van der Waals surface area contributed by atoms with Gasteiger partial charge in [0.1, 0.15) is 0 Å². The lowest BCUT2D eigenvalue weighted by atomic mass is 9.95. The Morgan fingerprint density at radius 1 is 1.26 bits per heavy atom. The predicted molar refractivity (Wildman–Crippen MR) is 93.7 cm³/mol. The Morgan fingerprint density at radius 2 is 2.04 bits per heavy atom. The van der Waals surface area contributed by atoms with Gasteiger partial charge < -0.3 is 0 Å². The minimum absolute atomic E-state index is 0.0729. The van der Waals surface area contributed by atoms with E-state index in [4.69, 9.17) is 0 Å². The average molecular weight is 328 g/mol. The lowest BCUT2D eigenvalue weighted by molar-refractivity contribution is -0.125. The van der Waals surface area contributed by atoms with Crippen LogP contribution in [0.3, 0.4) is 0 Å². The van der Waals surface area contributed by atoms with Gasteiger partial charge in [0.2, 0.25) is 5.91 Å². The first-order valence-electron chi connectivity index (χ1n) is 7.60. The van der Waals surface area contributed by atoms with Gasteiger partial charge in [-0.1, -0.05) is 44.2 Å². The summed E-state index contributed by atoms with van der Waals surface area (Å²) in [4.78, 5) is 19.3. The molecule has 0 bridgehead atoms. The van der Waals surface area contributed by atoms with Gasteiger partial charge in [-0.3, -0.25) is 14.4 Å². The van der Waals surface area contributed by atoms with Crippen LogP contribution in [-0.4, -0.2) is 27.2 Å². The molecule has 1 amide bonds. The van der Waals surface area contributed by atoms with Gasteiger partial charge in [0.15, 0.2) is 5.13 Å². The van der Waals surface area contributed by atoms with E-state index in [1.165, 1.54) is 0 Å². The molecule has 23 heavy (non-hydrogen) atoms. The topological polar surface area (TPSA) is 51.0 Å². The van der Waals surface area contributed by atoms with Crippen molar-refractivity contribution in [1.82, 2.24) is 14.8 Å². The molecule has 5 nitrogen and oxygen atoms in total. The van der Waals surface area contributed by atoms with Gasteiger partial charge in [-0.2, -0.15) is 5.10 Å². The molecule has 0 unspecified atom stereocenters. The molecule has 0 saturated heterocycles. The molecule has 2 heterocycles. The summed E-state index contributed by atoms with van der Waals surface area (Å²) in [6.45, 7) is 7.00. The molecular weight excluding hydrogens is 308 g/mol. The van der Waals surface area contributed by atoms with E-state index in [1.807, 2.05) is 62.0 Å². The van der Waals surface area contributed by atoms with Crippen LogP contribution in [0.5, 0.6) is 0 Å². The number of fused-ring (bicyclic) bond motifs is 1. The van der Waals surface area contributed by atoms with E-state index >= 15 is 0 Å². The van der Waals surface area contributed by atoms with E-state index in [-0.39, 0.29) is 5.91 Å². The number of hydrogen-bond donors (Lipinski definition) is 0. The summed E-state index contributed by atoms with van der Waals surface area (Å²) in [5.74, 6) is 0.0729. The monoisotopic (exact) mass is 328 g/mol. The number of anilines is 1. The van der Waals surface area contributed by atoms with E-state index in [2.05, 4.69) is 10.1 Å². The largest absolute Gasteiger partial charge is 0.286 e. The maximum Gasteiger partial charge on any atom is 0.234 e. The lowest BCUT2D eigenvalue weighted by Crippen LogP contribution is -2.41. The molecule has 0 fully saturated rings. The fraction of sp³-hybridized carbons (Fsp3) is 0.353. The molecule has 0 saturated carbocycles. The molecule has 0 aliphatic carbocycles. The molecule has 0 N–H and O–H groups in total. The second-order valence-corrected chi connectivity index (χ2v) is 7.45. The first-order chi connectivity index (χ1) is 10.9. The van der Waals surface area contributed by atoms with Crippen molar-refractivity contribution in [2.45, 2.75) is 27.3 Å². The summed E-state index contributed by atoms with van der Waals surface area (Å²) in [5.41, 5.74) is 0.473. The second-order valence-electron chi connectivity index (χ2n) is 6.44. The number of benzene rings is 1. The van der Waals surface area contributed by atoms with Gasteiger partial charge in [0.05, 0.1) is 16.8 Å². The fourth-order valence-electron chi connectivity index (χ4n) is 2.30. The van der Waals surface area contributed by atoms with Gasteiger partial charge >= 0.3 is 0 Å². The van der Waals surface area contributed by atoms with E-state index in [0.29, 0.717) is 13.1 Å². The molecule has 1 aromatic carbocycles. The van der Waals surface area contributed by atoms with Gasteiger partial charge in [-0.15, -0.1) is 0 Å². The lowest BCUT2D eigenvalue weighted by Gasteiger charge is -2.27. The zero-order chi connectivity index (χ0) is 16.4. The number of thiazole rings is 1. The van der Waals surface area contributed by atoms with Gasteiger partial charge in [-0.25, -0.2) is 4.98 Å². The summed E-state index contributed by atoms with van der Waals surface area (Å²) in [6.07, 6.45) is 3.64. The maximum atomic E-state index is 12.9. The van der Waals surface area contributed by atoms with E-state index < -0.39 is 5.41 Å². The Kier molecular flexibility index (Phi) is 4.17. The minimum Gasteiger partial charge on any atom is -0.286 e. The maximum absolute atomic E-state index is 12.9. The van der Waals surface area contributed by atoms with Gasteiger partial charge in [0.25, 0.3) is 0 Å². The summed E-state index contributed by atoms with van der Waals surface area (Å²) in [7, 11) is 0. The summed E-state index contributed by atoms with van der Waals surface area (Å²) < 4.78 is 2.92. The molecule has 0 spiro atoms. The molecule has 0 aliphatic rings. The number of carbonyl (C=O) groups is 1. The van der Waals surface area contributed by atoms with Crippen molar-refractivity contribution in [3.8, 4) is 0 Å². The molecule has 0 atom stereocenters. The number of aromatic nitrogens is 3. The van der Waals surface area contributed by atoms with Crippen LogP contribution in [0.4, 0.5) is 5.13 Å². The molecular formula is C17H20N4OS. The smallest absolute Gasteiger partial charge is 0.234 e. The third-order valence-corrected chi connectivity index (χ3v) is 4.57. The Bertz CT molecular complexity index is 768. The second kappa shape index (κ2) is 6.12. The number of para-hydroxylation sites is 1. The minimum atomic E-state index is -0.456. The highest BCUT2D eigenvalue weighted by molar-refractivity contribution is 7.22. The Labute approximate surface area is 139 Å². The summed E-state index contributed by atoms with van der Waals surface area (Å²) >= 11 is 1.55. The van der Waals surface area contributed by atoms with Crippen molar-refractivity contribution in [3.63, 3.8) is 0 Å². The molecule has 3 aromatic rings. The van der Waals surface area contributed by atoms with Crippen molar-refractivity contribution in [3.05, 3.63) is 42.7 Å².